The third-order valence-corrected chi connectivity index (χ3v) is 5.51. The van der Waals surface area contributed by atoms with E-state index < -0.39 is 23.3 Å². The van der Waals surface area contributed by atoms with Crippen molar-refractivity contribution in [1.29, 1.82) is 5.26 Å². The molecule has 0 aliphatic heterocycles. The lowest BCUT2D eigenvalue weighted by Crippen LogP contribution is -2.29. The maximum atomic E-state index is 13.4. The topological polar surface area (TPSA) is 92.3 Å². The first kappa shape index (κ1) is 22.8. The summed E-state index contributed by atoms with van der Waals surface area (Å²) in [5.74, 6) is -0.385. The summed E-state index contributed by atoms with van der Waals surface area (Å²) in [6.07, 6.45) is 1.88. The van der Waals surface area contributed by atoms with Crippen molar-refractivity contribution in [3.8, 4) is 17.7 Å². The lowest BCUT2D eigenvalue weighted by atomic mass is 9.96. The van der Waals surface area contributed by atoms with E-state index in [2.05, 4.69) is 6.92 Å². The fourth-order valence-electron chi connectivity index (χ4n) is 3.64. The Morgan fingerprint density at radius 3 is 2.56 bits per heavy atom. The third kappa shape index (κ3) is 4.42. The van der Waals surface area contributed by atoms with E-state index in [9.17, 15) is 20.0 Å². The van der Waals surface area contributed by atoms with Gasteiger partial charge in [0.05, 0.1) is 18.2 Å². The van der Waals surface area contributed by atoms with Gasteiger partial charge in [0.1, 0.15) is 17.4 Å². The molecule has 0 aliphatic rings. The zero-order valence-corrected chi connectivity index (χ0v) is 18.5. The quantitative estimate of drug-likeness (QED) is 0.411. The highest BCUT2D eigenvalue weighted by molar-refractivity contribution is 6.11. The van der Waals surface area contributed by atoms with E-state index in [-0.39, 0.29) is 16.7 Å². The van der Waals surface area contributed by atoms with Gasteiger partial charge >= 0.3 is 0 Å². The minimum Gasteiger partial charge on any atom is -0.494 e. The number of ketones is 1. The van der Waals surface area contributed by atoms with Crippen molar-refractivity contribution < 1.29 is 14.6 Å². The smallest absolute Gasteiger partial charge is 0.272 e. The standard InChI is InChI=1S/C26H26N2O4/c1-4-5-14-32-21-13-9-12-20(15-21)24(29)23-17(2)22(16-27)25(30)28(26(23)31)18(3)19-10-7-6-8-11-19/h6-13,15,18,31H,4-5,14H2,1-3H3. The molecule has 1 N–H and O–H groups in total. The maximum absolute atomic E-state index is 13.4. The molecule has 0 fully saturated rings. The minimum absolute atomic E-state index is 0.0605. The molecule has 0 aliphatic carbocycles. The predicted octanol–water partition coefficient (Wildman–Crippen LogP) is 4.75. The number of pyridine rings is 1. The van der Waals surface area contributed by atoms with Crippen LogP contribution in [0.15, 0.2) is 59.4 Å². The molecule has 2 aromatic carbocycles. The van der Waals surface area contributed by atoms with Crippen LogP contribution in [-0.2, 0) is 0 Å². The Bertz CT molecular complexity index is 1220. The number of benzene rings is 2. The number of hydrogen-bond acceptors (Lipinski definition) is 5. The van der Waals surface area contributed by atoms with Crippen LogP contribution in [0.3, 0.4) is 0 Å². The van der Waals surface area contributed by atoms with Crippen LogP contribution in [0.1, 0.15) is 65.3 Å². The van der Waals surface area contributed by atoms with Gasteiger partial charge in [-0.3, -0.25) is 14.2 Å². The van der Waals surface area contributed by atoms with Crippen LogP contribution in [0.5, 0.6) is 11.6 Å². The Kier molecular flexibility index (Phi) is 7.11. The Hall–Kier alpha value is -3.85. The van der Waals surface area contributed by atoms with Gasteiger partial charge in [-0.2, -0.15) is 5.26 Å². The van der Waals surface area contributed by atoms with E-state index in [1.54, 1.807) is 31.2 Å². The summed E-state index contributed by atoms with van der Waals surface area (Å²) < 4.78 is 6.80. The highest BCUT2D eigenvalue weighted by atomic mass is 16.5. The van der Waals surface area contributed by atoms with Gasteiger partial charge in [-0.05, 0) is 43.5 Å². The van der Waals surface area contributed by atoms with Crippen molar-refractivity contribution in [3.63, 3.8) is 0 Å². The largest absolute Gasteiger partial charge is 0.494 e. The number of aromatic nitrogens is 1. The Balaban J connectivity index is 2.13. The van der Waals surface area contributed by atoms with Crippen LogP contribution in [0, 0.1) is 18.3 Å². The number of ether oxygens (including phenoxy) is 1. The number of carbonyl (C=O) groups is 1. The molecule has 0 amide bonds. The molecular weight excluding hydrogens is 404 g/mol. The van der Waals surface area contributed by atoms with E-state index in [1.165, 1.54) is 6.92 Å². The first-order chi connectivity index (χ1) is 15.4. The zero-order valence-electron chi connectivity index (χ0n) is 18.5. The minimum atomic E-state index is -0.632. The molecule has 0 spiro atoms. The summed E-state index contributed by atoms with van der Waals surface area (Å²) in [6, 6.07) is 17.2. The van der Waals surface area contributed by atoms with Crippen LogP contribution in [0.2, 0.25) is 0 Å². The lowest BCUT2D eigenvalue weighted by Gasteiger charge is -2.21. The summed E-state index contributed by atoms with van der Waals surface area (Å²) in [6.45, 7) is 5.85. The highest BCUT2D eigenvalue weighted by Crippen LogP contribution is 2.30. The Labute approximate surface area is 187 Å². The van der Waals surface area contributed by atoms with E-state index in [0.29, 0.717) is 17.9 Å². The molecule has 0 bridgehead atoms. The van der Waals surface area contributed by atoms with Crippen LogP contribution in [-0.4, -0.2) is 22.1 Å². The molecule has 6 nitrogen and oxygen atoms in total. The predicted molar refractivity (Wildman–Crippen MR) is 122 cm³/mol. The molecule has 1 heterocycles. The van der Waals surface area contributed by atoms with Crippen molar-refractivity contribution in [3.05, 3.63) is 92.8 Å². The second kappa shape index (κ2) is 9.97. The van der Waals surface area contributed by atoms with Gasteiger partial charge in [-0.15, -0.1) is 0 Å². The Morgan fingerprint density at radius 2 is 1.91 bits per heavy atom. The maximum Gasteiger partial charge on any atom is 0.272 e. The highest BCUT2D eigenvalue weighted by Gasteiger charge is 2.27. The number of rotatable bonds is 8. The molecule has 1 atom stereocenters. The first-order valence-corrected chi connectivity index (χ1v) is 10.6. The molecule has 0 saturated heterocycles. The lowest BCUT2D eigenvalue weighted by molar-refractivity contribution is 0.103. The van der Waals surface area contributed by atoms with Crippen LogP contribution < -0.4 is 10.3 Å². The first-order valence-electron chi connectivity index (χ1n) is 10.6. The second-order valence-electron chi connectivity index (χ2n) is 7.63. The zero-order chi connectivity index (χ0) is 23.3. The van der Waals surface area contributed by atoms with Crippen LogP contribution in [0.4, 0.5) is 0 Å². The molecule has 0 saturated carbocycles. The summed E-state index contributed by atoms with van der Waals surface area (Å²) in [5, 5.41) is 20.7. The van der Waals surface area contributed by atoms with Gasteiger partial charge in [0.2, 0.25) is 5.88 Å². The van der Waals surface area contributed by atoms with Crippen molar-refractivity contribution >= 4 is 5.78 Å². The monoisotopic (exact) mass is 430 g/mol. The van der Waals surface area contributed by atoms with Crippen molar-refractivity contribution in [2.45, 2.75) is 39.7 Å². The average molecular weight is 431 g/mol. The van der Waals surface area contributed by atoms with Gasteiger partial charge in [-0.1, -0.05) is 55.8 Å². The van der Waals surface area contributed by atoms with Crippen molar-refractivity contribution in [2.75, 3.05) is 6.61 Å². The van der Waals surface area contributed by atoms with E-state index in [1.807, 2.05) is 36.4 Å². The second-order valence-corrected chi connectivity index (χ2v) is 7.63. The molecule has 6 heteroatoms. The molecule has 1 unspecified atom stereocenters. The summed E-state index contributed by atoms with van der Waals surface area (Å²) in [7, 11) is 0. The number of carbonyl (C=O) groups excluding carboxylic acids is 1. The summed E-state index contributed by atoms with van der Waals surface area (Å²) in [5.41, 5.74) is 0.376. The molecule has 3 rings (SSSR count). The molecule has 164 valence electrons. The Morgan fingerprint density at radius 1 is 1.19 bits per heavy atom. The molecule has 1 aromatic heterocycles. The SMILES string of the molecule is CCCCOc1cccc(C(=O)c2c(C)c(C#N)c(=O)n(C(C)c3ccccc3)c2O)c1. The molecule has 3 aromatic rings. The molecular formula is C26H26N2O4. The number of nitrogens with zero attached hydrogens (tertiary/aromatic N) is 2. The number of unbranched alkanes of at least 4 members (excludes halogenated alkanes) is 1. The van der Waals surface area contributed by atoms with E-state index in [4.69, 9.17) is 4.74 Å². The van der Waals surface area contributed by atoms with Gasteiger partial charge in [0.25, 0.3) is 5.56 Å². The van der Waals surface area contributed by atoms with E-state index in [0.717, 1.165) is 23.0 Å². The van der Waals surface area contributed by atoms with Crippen LogP contribution >= 0.6 is 0 Å². The molecule has 0 radical (unpaired) electrons. The third-order valence-electron chi connectivity index (χ3n) is 5.51. The normalized spacial score (nSPS) is 11.6. The van der Waals surface area contributed by atoms with Crippen molar-refractivity contribution in [1.82, 2.24) is 4.57 Å². The van der Waals surface area contributed by atoms with Gasteiger partial charge in [-0.25, -0.2) is 0 Å². The van der Waals surface area contributed by atoms with E-state index >= 15 is 0 Å². The number of aromatic hydroxyl groups is 1. The van der Waals surface area contributed by atoms with Gasteiger partial charge in [0.15, 0.2) is 5.78 Å². The number of nitriles is 1. The average Bonchev–Trinajstić information content (AvgIpc) is 2.80. The fourth-order valence-corrected chi connectivity index (χ4v) is 3.64. The summed E-state index contributed by atoms with van der Waals surface area (Å²) in [4.78, 5) is 26.4. The summed E-state index contributed by atoms with van der Waals surface area (Å²) >= 11 is 0. The van der Waals surface area contributed by atoms with Crippen molar-refractivity contribution in [2.24, 2.45) is 0 Å². The number of hydrogen-bond donors (Lipinski definition) is 1. The molecule has 32 heavy (non-hydrogen) atoms. The van der Waals surface area contributed by atoms with Gasteiger partial charge < -0.3 is 9.84 Å². The van der Waals surface area contributed by atoms with Crippen LogP contribution in [0.25, 0.3) is 0 Å². The van der Waals surface area contributed by atoms with Gasteiger partial charge in [0, 0.05) is 5.56 Å². The fraction of sp³-hybridized carbons (Fsp3) is 0.269.